The molecular weight excluding hydrogens is 424 g/mol. The Morgan fingerprint density at radius 3 is 1.97 bits per heavy atom. The van der Waals surface area contributed by atoms with Gasteiger partial charge in [0.1, 0.15) is 5.75 Å². The third-order valence-corrected chi connectivity index (χ3v) is 7.11. The molecule has 0 saturated heterocycles. The van der Waals surface area contributed by atoms with E-state index in [0.717, 1.165) is 29.7 Å². The lowest BCUT2D eigenvalue weighted by molar-refractivity contribution is 0.0692. The van der Waals surface area contributed by atoms with Gasteiger partial charge in [-0.1, -0.05) is 70.2 Å². The number of carboxylic acids is 1. The first-order valence-electron chi connectivity index (χ1n) is 11.8. The van der Waals surface area contributed by atoms with Crippen LogP contribution in [0.15, 0.2) is 60.7 Å². The second-order valence-electron chi connectivity index (χ2n) is 10.4. The average molecular weight is 457 g/mol. The molecule has 0 heterocycles. The van der Waals surface area contributed by atoms with Crippen LogP contribution in [0, 0.1) is 0 Å². The van der Waals surface area contributed by atoms with Gasteiger partial charge in [-0.15, -0.1) is 0 Å². The van der Waals surface area contributed by atoms with Crippen LogP contribution in [0.25, 0.3) is 11.1 Å². The van der Waals surface area contributed by atoms with E-state index < -0.39 is 5.97 Å². The summed E-state index contributed by atoms with van der Waals surface area (Å²) in [4.78, 5) is 24.6. The van der Waals surface area contributed by atoms with Crippen LogP contribution in [0.4, 0.5) is 0 Å². The van der Waals surface area contributed by atoms with E-state index >= 15 is 0 Å². The predicted octanol–water partition coefficient (Wildman–Crippen LogP) is 7.03. The van der Waals surface area contributed by atoms with Gasteiger partial charge in [-0.25, -0.2) is 4.79 Å². The number of benzene rings is 3. The largest absolute Gasteiger partial charge is 0.493 e. The Bertz CT molecular complexity index is 1250. The van der Waals surface area contributed by atoms with Crippen LogP contribution in [0.2, 0.25) is 0 Å². The number of aromatic carboxylic acids is 1. The van der Waals surface area contributed by atoms with Gasteiger partial charge in [0.2, 0.25) is 0 Å². The minimum Gasteiger partial charge on any atom is -0.493 e. The van der Waals surface area contributed by atoms with E-state index in [2.05, 4.69) is 39.8 Å². The van der Waals surface area contributed by atoms with Crippen LogP contribution in [0.5, 0.6) is 5.75 Å². The Labute approximate surface area is 201 Å². The zero-order chi connectivity index (χ0) is 24.7. The first kappa shape index (κ1) is 23.7. The zero-order valence-corrected chi connectivity index (χ0v) is 20.6. The third-order valence-electron chi connectivity index (χ3n) is 7.11. The van der Waals surface area contributed by atoms with E-state index in [0.29, 0.717) is 12.2 Å². The van der Waals surface area contributed by atoms with E-state index in [9.17, 15) is 14.7 Å². The van der Waals surface area contributed by atoms with Crippen molar-refractivity contribution in [3.63, 3.8) is 0 Å². The number of ketones is 1. The molecule has 1 N–H and O–H groups in total. The maximum atomic E-state index is 13.0. The Morgan fingerprint density at radius 2 is 1.41 bits per heavy atom. The Morgan fingerprint density at radius 1 is 0.853 bits per heavy atom. The monoisotopic (exact) mass is 456 g/mol. The Hall–Kier alpha value is -3.40. The van der Waals surface area contributed by atoms with Gasteiger partial charge in [-0.2, -0.15) is 0 Å². The molecule has 4 rings (SSSR count). The highest BCUT2D eigenvalue weighted by Crippen LogP contribution is 2.49. The third kappa shape index (κ3) is 4.25. The molecule has 4 nitrogen and oxygen atoms in total. The van der Waals surface area contributed by atoms with Crippen molar-refractivity contribution in [3.05, 3.63) is 88.5 Å². The van der Waals surface area contributed by atoms with Crippen molar-refractivity contribution in [2.45, 2.75) is 58.3 Å². The molecule has 0 atom stereocenters. The molecule has 176 valence electrons. The molecule has 4 heteroatoms. The van der Waals surface area contributed by atoms with Gasteiger partial charge in [0.05, 0.1) is 12.2 Å². The summed E-state index contributed by atoms with van der Waals surface area (Å²) in [6.07, 6.45) is 2.25. The van der Waals surface area contributed by atoms with E-state index in [1.165, 1.54) is 17.2 Å². The first-order valence-corrected chi connectivity index (χ1v) is 11.8. The van der Waals surface area contributed by atoms with Gasteiger partial charge in [-0.05, 0) is 65.5 Å². The van der Waals surface area contributed by atoms with E-state index in [1.807, 2.05) is 19.1 Å². The number of carbonyl (C=O) groups is 2. The average Bonchev–Trinajstić information content (AvgIpc) is 2.82. The molecule has 0 aliphatic heterocycles. The molecule has 0 aromatic heterocycles. The summed E-state index contributed by atoms with van der Waals surface area (Å²) < 4.78 is 6.08. The summed E-state index contributed by atoms with van der Waals surface area (Å²) in [6.45, 7) is 11.7. The van der Waals surface area contributed by atoms with Crippen LogP contribution < -0.4 is 4.74 Å². The second kappa shape index (κ2) is 8.75. The highest BCUT2D eigenvalue weighted by Gasteiger charge is 2.38. The van der Waals surface area contributed by atoms with Gasteiger partial charge in [0, 0.05) is 16.7 Å². The smallest absolute Gasteiger partial charge is 0.336 e. The summed E-state index contributed by atoms with van der Waals surface area (Å²) in [5.41, 5.74) is 5.47. The topological polar surface area (TPSA) is 63.6 Å². The highest BCUT2D eigenvalue weighted by molar-refractivity contribution is 6.14. The van der Waals surface area contributed by atoms with E-state index in [-0.39, 0.29) is 27.7 Å². The number of hydrogen-bond donors (Lipinski definition) is 1. The summed E-state index contributed by atoms with van der Waals surface area (Å²) in [6, 6.07) is 18.1. The van der Waals surface area contributed by atoms with Crippen molar-refractivity contribution in [2.24, 2.45) is 0 Å². The molecule has 1 aliphatic carbocycles. The lowest BCUT2D eigenvalue weighted by Gasteiger charge is -2.42. The molecule has 34 heavy (non-hydrogen) atoms. The van der Waals surface area contributed by atoms with Crippen LogP contribution in [-0.2, 0) is 10.8 Å². The SMILES string of the molecule is CCOc1cc2c(cc1-c1ccc(C(=O)c3ccccc3C(=O)O)cc1)C(C)(C)CCC2(C)C. The number of hydrogen-bond acceptors (Lipinski definition) is 3. The quantitative estimate of drug-likeness (QED) is 0.404. The first-order chi connectivity index (χ1) is 16.0. The van der Waals surface area contributed by atoms with Crippen molar-refractivity contribution in [1.82, 2.24) is 0 Å². The van der Waals surface area contributed by atoms with Crippen LogP contribution in [-0.4, -0.2) is 23.5 Å². The summed E-state index contributed by atoms with van der Waals surface area (Å²) >= 11 is 0. The molecule has 0 bridgehead atoms. The number of rotatable bonds is 6. The lowest BCUT2D eigenvalue weighted by Crippen LogP contribution is -2.33. The number of carbonyl (C=O) groups excluding carboxylic acids is 1. The fourth-order valence-corrected chi connectivity index (χ4v) is 4.92. The molecule has 3 aromatic carbocycles. The van der Waals surface area contributed by atoms with E-state index in [1.54, 1.807) is 30.3 Å². The zero-order valence-electron chi connectivity index (χ0n) is 20.6. The van der Waals surface area contributed by atoms with Gasteiger partial charge >= 0.3 is 5.97 Å². The molecule has 0 saturated carbocycles. The normalized spacial score (nSPS) is 15.9. The van der Waals surface area contributed by atoms with Gasteiger partial charge in [0.15, 0.2) is 5.78 Å². The van der Waals surface area contributed by atoms with Gasteiger partial charge in [-0.3, -0.25) is 4.79 Å². The maximum Gasteiger partial charge on any atom is 0.336 e. The van der Waals surface area contributed by atoms with Crippen molar-refractivity contribution in [2.75, 3.05) is 6.61 Å². The standard InChI is InChI=1S/C30H32O4/c1-6-34-26-18-25-24(29(2,3)15-16-30(25,4)5)17-23(26)19-11-13-20(14-12-19)27(31)21-9-7-8-10-22(21)28(32)33/h7-14,17-18H,6,15-16H2,1-5H3,(H,32,33). The summed E-state index contributed by atoms with van der Waals surface area (Å²) in [5, 5.41) is 9.45. The number of ether oxygens (including phenoxy) is 1. The fourth-order valence-electron chi connectivity index (χ4n) is 4.92. The van der Waals surface area contributed by atoms with Crippen LogP contribution in [0.1, 0.15) is 84.9 Å². The van der Waals surface area contributed by atoms with Crippen LogP contribution >= 0.6 is 0 Å². The van der Waals surface area contributed by atoms with Crippen LogP contribution in [0.3, 0.4) is 0 Å². The number of fused-ring (bicyclic) bond motifs is 1. The maximum absolute atomic E-state index is 13.0. The Kier molecular flexibility index (Phi) is 6.11. The van der Waals surface area contributed by atoms with E-state index in [4.69, 9.17) is 4.74 Å². The molecule has 0 spiro atoms. The minimum absolute atomic E-state index is 0.00902. The molecule has 0 radical (unpaired) electrons. The molecule has 1 aliphatic rings. The van der Waals surface area contributed by atoms with Crippen molar-refractivity contribution in [1.29, 1.82) is 0 Å². The molecule has 0 fully saturated rings. The van der Waals surface area contributed by atoms with Crippen molar-refractivity contribution >= 4 is 11.8 Å². The molecule has 0 amide bonds. The van der Waals surface area contributed by atoms with Gasteiger partial charge in [0.25, 0.3) is 0 Å². The molecule has 3 aromatic rings. The number of carboxylic acid groups (broad SMARTS) is 1. The predicted molar refractivity (Wildman–Crippen MR) is 135 cm³/mol. The molecular formula is C30H32O4. The highest BCUT2D eigenvalue weighted by atomic mass is 16.5. The summed E-state index contributed by atoms with van der Waals surface area (Å²) in [7, 11) is 0. The van der Waals surface area contributed by atoms with Crippen molar-refractivity contribution in [3.8, 4) is 16.9 Å². The minimum atomic E-state index is -1.11. The fraction of sp³-hybridized carbons (Fsp3) is 0.333. The molecule has 0 unspecified atom stereocenters. The van der Waals surface area contributed by atoms with Gasteiger partial charge < -0.3 is 9.84 Å². The Balaban J connectivity index is 1.77. The summed E-state index contributed by atoms with van der Waals surface area (Å²) in [5.74, 6) is -0.563. The van der Waals surface area contributed by atoms with Crippen molar-refractivity contribution < 1.29 is 19.4 Å². The lowest BCUT2D eigenvalue weighted by atomic mass is 9.62. The second-order valence-corrected chi connectivity index (χ2v) is 10.4.